The van der Waals surface area contributed by atoms with Gasteiger partial charge in [-0.25, -0.2) is 4.68 Å². The molecule has 0 saturated carbocycles. The first-order valence-corrected chi connectivity index (χ1v) is 12.2. The summed E-state index contributed by atoms with van der Waals surface area (Å²) in [4.78, 5) is 2.64. The summed E-state index contributed by atoms with van der Waals surface area (Å²) in [6, 6.07) is 0. The number of allylic oxidation sites excluding steroid dienone is 4. The Bertz CT molecular complexity index is 758. The smallest absolute Gasteiger partial charge is 0.0933 e. The molecule has 202 valence electrons. The highest BCUT2D eigenvalue weighted by Crippen LogP contribution is 2.19. The van der Waals surface area contributed by atoms with Gasteiger partial charge in [0.1, 0.15) is 0 Å². The number of nitrogens with zero attached hydrogens (tertiary/aromatic N) is 6. The maximum atomic E-state index is 8.12. The molecule has 13 heteroatoms. The number of hydrogen-bond donors (Lipinski definition) is 0. The van der Waals surface area contributed by atoms with E-state index in [2.05, 4.69) is 32.5 Å². The van der Waals surface area contributed by atoms with Crippen molar-refractivity contribution >= 4 is 0 Å². The highest BCUT2D eigenvalue weighted by atomic mass is 16.6. The molecule has 36 heavy (non-hydrogen) atoms. The van der Waals surface area contributed by atoms with Crippen molar-refractivity contribution in [2.45, 2.75) is 12.5 Å². The second-order valence-corrected chi connectivity index (χ2v) is 7.44. The van der Waals surface area contributed by atoms with Gasteiger partial charge in [0.15, 0.2) is 0 Å². The molecule has 0 amide bonds. The van der Waals surface area contributed by atoms with Crippen LogP contribution in [0.15, 0.2) is 35.6 Å². The van der Waals surface area contributed by atoms with E-state index in [1.165, 1.54) is 0 Å². The minimum absolute atomic E-state index is 0.230. The number of rotatable bonds is 25. The fraction of sp³-hybridized carbons (Fsp3) is 0.739. The number of azide groups is 1. The molecule has 2 rings (SSSR count). The van der Waals surface area contributed by atoms with Crippen LogP contribution in [0.3, 0.4) is 0 Å². The first-order valence-electron chi connectivity index (χ1n) is 12.2. The van der Waals surface area contributed by atoms with Crippen LogP contribution in [0.4, 0.5) is 0 Å². The van der Waals surface area contributed by atoms with Crippen LogP contribution < -0.4 is 0 Å². The highest BCUT2D eigenvalue weighted by molar-refractivity contribution is 5.28. The first-order chi connectivity index (χ1) is 17.9. The van der Waals surface area contributed by atoms with Crippen LogP contribution in [-0.4, -0.2) is 114 Å². The van der Waals surface area contributed by atoms with E-state index in [0.717, 1.165) is 5.69 Å². The van der Waals surface area contributed by atoms with Crippen LogP contribution in [-0.2, 0) is 39.7 Å². The first kappa shape index (κ1) is 29.9. The van der Waals surface area contributed by atoms with E-state index < -0.39 is 0 Å². The van der Waals surface area contributed by atoms with Gasteiger partial charge in [0.25, 0.3) is 0 Å². The maximum Gasteiger partial charge on any atom is 0.0933 e. The van der Waals surface area contributed by atoms with Crippen LogP contribution >= 0.6 is 0 Å². The Kier molecular flexibility index (Phi) is 18.2. The quantitative estimate of drug-likeness (QED) is 0.0833. The summed E-state index contributed by atoms with van der Waals surface area (Å²) in [5, 5.41) is 11.7. The Morgan fingerprint density at radius 1 is 0.694 bits per heavy atom. The lowest BCUT2D eigenvalue weighted by molar-refractivity contribution is -0.0205. The Balaban J connectivity index is 1.22. The third-order valence-corrected chi connectivity index (χ3v) is 4.74. The Morgan fingerprint density at radius 3 is 1.61 bits per heavy atom. The van der Waals surface area contributed by atoms with Gasteiger partial charge in [0.2, 0.25) is 0 Å². The third-order valence-electron chi connectivity index (χ3n) is 4.74. The van der Waals surface area contributed by atoms with Gasteiger partial charge < -0.3 is 33.2 Å². The van der Waals surface area contributed by atoms with Gasteiger partial charge in [-0.05, 0) is 5.53 Å². The van der Waals surface area contributed by atoms with Gasteiger partial charge in [0.05, 0.1) is 105 Å². The molecule has 1 aromatic rings. The highest BCUT2D eigenvalue weighted by Gasteiger charge is 2.11. The second kappa shape index (κ2) is 21.9. The van der Waals surface area contributed by atoms with Crippen LogP contribution in [0.1, 0.15) is 11.6 Å². The zero-order chi connectivity index (χ0) is 25.4. The topological polar surface area (TPSA) is 144 Å². The summed E-state index contributed by atoms with van der Waals surface area (Å²) in [6.07, 6.45) is 10.2. The molecule has 0 N–H and O–H groups in total. The van der Waals surface area contributed by atoms with Crippen molar-refractivity contribution in [1.82, 2.24) is 15.0 Å². The lowest BCUT2D eigenvalue weighted by Gasteiger charge is -2.08. The molecule has 0 aliphatic heterocycles. The number of ether oxygens (including phenoxy) is 7. The zero-order valence-electron chi connectivity index (χ0n) is 20.8. The second-order valence-electron chi connectivity index (χ2n) is 7.44. The van der Waals surface area contributed by atoms with Gasteiger partial charge in [-0.3, -0.25) is 0 Å². The summed E-state index contributed by atoms with van der Waals surface area (Å²) in [6.45, 7) is 7.98. The van der Waals surface area contributed by atoms with Crippen molar-refractivity contribution in [2.75, 3.05) is 99.0 Å². The SMILES string of the molecule is [N-]=[N+]=NCCOCCOCCOCCOCCOCCOCCOCCn1cc(C2C=CC=C2)nn1. The summed E-state index contributed by atoms with van der Waals surface area (Å²) in [5.41, 5.74) is 9.07. The van der Waals surface area contributed by atoms with Crippen molar-refractivity contribution in [3.8, 4) is 0 Å². The third kappa shape index (κ3) is 15.6. The molecule has 0 saturated heterocycles. The van der Waals surface area contributed by atoms with Crippen molar-refractivity contribution in [1.29, 1.82) is 0 Å². The molecule has 1 aromatic heterocycles. The largest absolute Gasteiger partial charge is 0.379 e. The average molecular weight is 511 g/mol. The standard InChI is InChI=1S/C23H38N6O7/c24-27-25-5-7-30-9-11-32-13-15-34-17-19-36-20-18-35-16-14-33-12-10-31-8-6-29-21-23(26-28-29)22-3-1-2-4-22/h1-4,21-22H,5-20H2. The fourth-order valence-corrected chi connectivity index (χ4v) is 2.93. The van der Waals surface area contributed by atoms with E-state index >= 15 is 0 Å². The van der Waals surface area contributed by atoms with Crippen LogP contribution in [0, 0.1) is 0 Å². The molecule has 0 radical (unpaired) electrons. The molecular formula is C23H38N6O7. The minimum Gasteiger partial charge on any atom is -0.379 e. The molecule has 0 spiro atoms. The van der Waals surface area contributed by atoms with Crippen molar-refractivity contribution < 1.29 is 33.2 Å². The molecule has 0 bridgehead atoms. The van der Waals surface area contributed by atoms with Crippen LogP contribution in [0.25, 0.3) is 10.4 Å². The van der Waals surface area contributed by atoms with Gasteiger partial charge in [-0.15, -0.1) is 5.10 Å². The van der Waals surface area contributed by atoms with Gasteiger partial charge in [0, 0.05) is 23.6 Å². The molecule has 0 aromatic carbocycles. The van der Waals surface area contributed by atoms with Gasteiger partial charge in [-0.2, -0.15) is 0 Å². The molecule has 0 atom stereocenters. The zero-order valence-corrected chi connectivity index (χ0v) is 20.8. The van der Waals surface area contributed by atoms with E-state index in [-0.39, 0.29) is 5.92 Å². The molecular weight excluding hydrogens is 472 g/mol. The van der Waals surface area contributed by atoms with Gasteiger partial charge >= 0.3 is 0 Å². The fourth-order valence-electron chi connectivity index (χ4n) is 2.93. The van der Waals surface area contributed by atoms with Crippen LogP contribution in [0.2, 0.25) is 0 Å². The van der Waals surface area contributed by atoms with Gasteiger partial charge in [-0.1, -0.05) is 34.6 Å². The normalized spacial score (nSPS) is 13.0. The minimum atomic E-state index is 0.230. The van der Waals surface area contributed by atoms with E-state index in [9.17, 15) is 0 Å². The Labute approximate surface area is 211 Å². The maximum absolute atomic E-state index is 8.12. The summed E-state index contributed by atoms with van der Waals surface area (Å²) in [7, 11) is 0. The molecule has 0 unspecified atom stereocenters. The summed E-state index contributed by atoms with van der Waals surface area (Å²) < 4.78 is 39.7. The van der Waals surface area contributed by atoms with E-state index in [4.69, 9.17) is 38.7 Å². The lowest BCUT2D eigenvalue weighted by atomic mass is 10.1. The summed E-state index contributed by atoms with van der Waals surface area (Å²) >= 11 is 0. The van der Waals surface area contributed by atoms with Crippen molar-refractivity contribution in [2.24, 2.45) is 5.11 Å². The number of hydrogen-bond acceptors (Lipinski definition) is 10. The predicted octanol–water partition coefficient (Wildman–Crippen LogP) is 1.91. The van der Waals surface area contributed by atoms with Crippen molar-refractivity contribution in [3.63, 3.8) is 0 Å². The lowest BCUT2D eigenvalue weighted by Crippen LogP contribution is -2.15. The predicted molar refractivity (Wildman–Crippen MR) is 131 cm³/mol. The molecule has 13 nitrogen and oxygen atoms in total. The van der Waals surface area contributed by atoms with E-state index in [1.54, 1.807) is 4.68 Å². The Hall–Kier alpha value is -2.35. The van der Waals surface area contributed by atoms with Crippen LogP contribution in [0.5, 0.6) is 0 Å². The molecule has 1 heterocycles. The molecule has 0 fully saturated rings. The molecule has 1 aliphatic carbocycles. The Morgan fingerprint density at radius 2 is 1.14 bits per heavy atom. The molecule has 1 aliphatic rings. The summed E-state index contributed by atoms with van der Waals surface area (Å²) in [5.74, 6) is 0.230. The average Bonchev–Trinajstić information content (AvgIpc) is 3.59. The van der Waals surface area contributed by atoms with E-state index in [0.29, 0.717) is 106 Å². The van der Waals surface area contributed by atoms with Crippen molar-refractivity contribution in [3.05, 3.63) is 46.6 Å². The van der Waals surface area contributed by atoms with E-state index in [1.807, 2.05) is 18.3 Å². The monoisotopic (exact) mass is 510 g/mol. The number of aromatic nitrogens is 3.